The number of fused-ring (bicyclic) bond motifs is 1. The maximum absolute atomic E-state index is 14.4. The standard InChI is InChI=1S/C23H18F5N3O3S/c1-19-11-14(18-12(24)5-3-6-13(18)25)30-31-22(19)20(2)15(19)9-10-21(20,22)16-7-4-8-17(29-16)34-35(32,33)23(26,27)28/h3-8,11,15H,9-10H2,1-2H3/t15-,19?,20?,21+,22?/m0/s1. The van der Waals surface area contributed by atoms with Crippen LogP contribution < -0.4 is 4.18 Å². The lowest BCUT2D eigenvalue weighted by atomic mass is 9.49. The van der Waals surface area contributed by atoms with Crippen molar-refractivity contribution in [1.82, 2.24) is 4.98 Å². The molecule has 2 heterocycles. The first kappa shape index (κ1) is 22.6. The third-order valence-corrected chi connectivity index (χ3v) is 9.76. The minimum Gasteiger partial charge on any atom is -0.355 e. The van der Waals surface area contributed by atoms with Crippen LogP contribution in [0.5, 0.6) is 5.88 Å². The molecule has 1 aromatic carbocycles. The van der Waals surface area contributed by atoms with E-state index in [1.165, 1.54) is 12.1 Å². The SMILES string of the molecule is CC12C=C(c3c(F)cccc3F)N=NC13C1(C)[C@H]2CC[C@@]13c1cccc(OS(=O)(=O)C(F)(F)F)n1. The second-order valence-electron chi connectivity index (χ2n) is 9.86. The molecule has 12 heteroatoms. The van der Waals surface area contributed by atoms with Crippen molar-refractivity contribution in [3.8, 4) is 5.88 Å². The Morgan fingerprint density at radius 3 is 2.37 bits per heavy atom. The minimum atomic E-state index is -5.88. The van der Waals surface area contributed by atoms with Gasteiger partial charge in [-0.25, -0.2) is 13.8 Å². The highest BCUT2D eigenvalue weighted by Crippen LogP contribution is 2.99. The van der Waals surface area contributed by atoms with Gasteiger partial charge in [-0.1, -0.05) is 26.0 Å². The Balaban J connectivity index is 1.42. The van der Waals surface area contributed by atoms with Gasteiger partial charge in [0, 0.05) is 22.3 Å². The van der Waals surface area contributed by atoms with E-state index < -0.39 is 54.9 Å². The fraction of sp³-hybridized carbons (Fsp3) is 0.435. The zero-order valence-electron chi connectivity index (χ0n) is 18.4. The van der Waals surface area contributed by atoms with E-state index in [-0.39, 0.29) is 17.2 Å². The number of pyridine rings is 1. The summed E-state index contributed by atoms with van der Waals surface area (Å²) >= 11 is 0. The third kappa shape index (κ3) is 2.26. The number of benzene rings is 1. The van der Waals surface area contributed by atoms with E-state index in [0.717, 1.165) is 24.6 Å². The van der Waals surface area contributed by atoms with Crippen LogP contribution in [0.1, 0.15) is 37.9 Å². The second-order valence-corrected chi connectivity index (χ2v) is 11.4. The summed E-state index contributed by atoms with van der Waals surface area (Å²) < 4.78 is 94.6. The van der Waals surface area contributed by atoms with Crippen molar-refractivity contribution < 1.29 is 34.6 Å². The van der Waals surface area contributed by atoms with Gasteiger partial charge in [0.2, 0.25) is 5.88 Å². The maximum Gasteiger partial charge on any atom is 0.534 e. The summed E-state index contributed by atoms with van der Waals surface area (Å²) in [6.45, 7) is 3.93. The normalized spacial score (nSPS) is 36.7. The highest BCUT2D eigenvalue weighted by atomic mass is 32.2. The average Bonchev–Trinajstić information content (AvgIpc) is 2.99. The van der Waals surface area contributed by atoms with E-state index in [4.69, 9.17) is 0 Å². The van der Waals surface area contributed by atoms with Gasteiger partial charge in [-0.15, -0.1) is 0 Å². The maximum atomic E-state index is 14.4. The molecule has 3 unspecified atom stereocenters. The van der Waals surface area contributed by atoms with Crippen molar-refractivity contribution >= 4 is 15.8 Å². The topological polar surface area (TPSA) is 81.0 Å². The molecule has 0 radical (unpaired) electrons. The number of rotatable bonds is 4. The highest BCUT2D eigenvalue weighted by Gasteiger charge is 3.04. The van der Waals surface area contributed by atoms with Crippen LogP contribution in [0.15, 0.2) is 52.7 Å². The molecule has 0 amide bonds. The lowest BCUT2D eigenvalue weighted by molar-refractivity contribution is -0.0501. The summed E-state index contributed by atoms with van der Waals surface area (Å²) in [6.07, 6.45) is 3.06. The minimum absolute atomic E-state index is 0.0457. The van der Waals surface area contributed by atoms with Crippen molar-refractivity contribution in [1.29, 1.82) is 0 Å². The van der Waals surface area contributed by atoms with Crippen LogP contribution in [0.25, 0.3) is 5.70 Å². The number of aromatic nitrogens is 1. The molecular formula is C23H18F5N3O3S. The van der Waals surface area contributed by atoms with Gasteiger partial charge in [-0.2, -0.15) is 31.8 Å². The molecule has 6 rings (SSSR count). The highest BCUT2D eigenvalue weighted by molar-refractivity contribution is 7.87. The predicted molar refractivity (Wildman–Crippen MR) is 112 cm³/mol. The molecule has 0 saturated heterocycles. The first-order chi connectivity index (χ1) is 16.3. The molecular weight excluding hydrogens is 493 g/mol. The van der Waals surface area contributed by atoms with Gasteiger partial charge in [0.05, 0.1) is 17.0 Å². The van der Waals surface area contributed by atoms with Gasteiger partial charge in [0.25, 0.3) is 0 Å². The molecule has 1 spiro atoms. The molecule has 3 saturated carbocycles. The van der Waals surface area contributed by atoms with Crippen molar-refractivity contribution in [2.45, 2.75) is 43.2 Å². The first-order valence-electron chi connectivity index (χ1n) is 10.9. The number of azo groups is 1. The number of alkyl halides is 3. The second kappa shape index (κ2) is 6.26. The molecule has 3 fully saturated rings. The fourth-order valence-corrected chi connectivity index (χ4v) is 8.19. The summed E-state index contributed by atoms with van der Waals surface area (Å²) in [5.74, 6) is -2.16. The molecule has 35 heavy (non-hydrogen) atoms. The van der Waals surface area contributed by atoms with Gasteiger partial charge in [0.1, 0.15) is 17.2 Å². The molecule has 1 aromatic heterocycles. The lowest BCUT2D eigenvalue weighted by Crippen LogP contribution is -2.58. The Kier molecular flexibility index (Phi) is 4.04. The summed E-state index contributed by atoms with van der Waals surface area (Å²) in [4.78, 5) is 4.17. The Labute approximate surface area is 197 Å². The molecule has 0 N–H and O–H groups in total. The van der Waals surface area contributed by atoms with E-state index in [9.17, 15) is 30.4 Å². The largest absolute Gasteiger partial charge is 0.534 e. The van der Waals surface area contributed by atoms with E-state index in [1.807, 2.05) is 13.8 Å². The van der Waals surface area contributed by atoms with E-state index in [2.05, 4.69) is 19.4 Å². The lowest BCUT2D eigenvalue weighted by Gasteiger charge is -2.56. The van der Waals surface area contributed by atoms with Gasteiger partial charge >= 0.3 is 15.6 Å². The summed E-state index contributed by atoms with van der Waals surface area (Å²) in [7, 11) is -5.88. The van der Waals surface area contributed by atoms with Crippen LogP contribution in [0.2, 0.25) is 0 Å². The zero-order valence-corrected chi connectivity index (χ0v) is 19.2. The van der Waals surface area contributed by atoms with Crippen LogP contribution >= 0.6 is 0 Å². The molecule has 1 aliphatic heterocycles. The smallest absolute Gasteiger partial charge is 0.355 e. The number of halogens is 5. The van der Waals surface area contributed by atoms with Crippen molar-refractivity contribution in [2.75, 3.05) is 0 Å². The van der Waals surface area contributed by atoms with Crippen LogP contribution in [0.3, 0.4) is 0 Å². The molecule has 2 aromatic rings. The molecule has 3 aliphatic carbocycles. The van der Waals surface area contributed by atoms with Crippen LogP contribution in [-0.2, 0) is 15.5 Å². The summed E-state index contributed by atoms with van der Waals surface area (Å²) in [5, 5.41) is 8.82. The third-order valence-electron chi connectivity index (χ3n) is 8.80. The van der Waals surface area contributed by atoms with Crippen molar-refractivity contribution in [3.63, 3.8) is 0 Å². The monoisotopic (exact) mass is 511 g/mol. The Morgan fingerprint density at radius 2 is 1.71 bits per heavy atom. The Hall–Kier alpha value is -2.89. The predicted octanol–water partition coefficient (Wildman–Crippen LogP) is 5.52. The van der Waals surface area contributed by atoms with Crippen LogP contribution in [-0.4, -0.2) is 24.4 Å². The van der Waals surface area contributed by atoms with Crippen molar-refractivity contribution in [3.05, 3.63) is 65.4 Å². The quantitative estimate of drug-likeness (QED) is 0.308. The summed E-state index contributed by atoms with van der Waals surface area (Å²) in [6, 6.07) is 7.58. The molecule has 184 valence electrons. The molecule has 0 bridgehead atoms. The van der Waals surface area contributed by atoms with E-state index in [0.29, 0.717) is 12.1 Å². The Bertz CT molecular complexity index is 1450. The number of hydrogen-bond acceptors (Lipinski definition) is 6. The Morgan fingerprint density at radius 1 is 1.06 bits per heavy atom. The van der Waals surface area contributed by atoms with Gasteiger partial charge in [0.15, 0.2) is 0 Å². The average molecular weight is 511 g/mol. The zero-order chi connectivity index (χ0) is 25.2. The van der Waals surface area contributed by atoms with Gasteiger partial charge < -0.3 is 4.18 Å². The van der Waals surface area contributed by atoms with Gasteiger partial charge in [-0.05, 0) is 43.0 Å². The van der Waals surface area contributed by atoms with Crippen LogP contribution in [0.4, 0.5) is 22.0 Å². The summed E-state index contributed by atoms with van der Waals surface area (Å²) in [5.41, 5.74) is -8.07. The van der Waals surface area contributed by atoms with E-state index >= 15 is 0 Å². The van der Waals surface area contributed by atoms with Crippen LogP contribution in [0, 0.1) is 28.4 Å². The first-order valence-corrected chi connectivity index (χ1v) is 12.3. The number of hydrogen-bond donors (Lipinski definition) is 0. The molecule has 5 atom stereocenters. The molecule has 6 nitrogen and oxygen atoms in total. The molecule has 4 aliphatic rings. The number of nitrogens with zero attached hydrogens (tertiary/aromatic N) is 3. The van der Waals surface area contributed by atoms with E-state index in [1.54, 1.807) is 12.1 Å². The fourth-order valence-electron chi connectivity index (χ4n) is 7.78. The van der Waals surface area contributed by atoms with Crippen molar-refractivity contribution in [2.24, 2.45) is 27.0 Å². The van der Waals surface area contributed by atoms with Gasteiger partial charge in [-0.3, -0.25) is 0 Å².